The molecule has 4 heterocycles. The Hall–Kier alpha value is -4.89. The Morgan fingerprint density at radius 3 is 2.24 bits per heavy atom. The number of hydrogen-bond donors (Lipinski definition) is 2. The molecule has 1 atom stereocenters. The zero-order valence-corrected chi connectivity index (χ0v) is 31.3. The van der Waals surface area contributed by atoms with Crippen molar-refractivity contribution in [1.82, 2.24) is 29.8 Å². The van der Waals surface area contributed by atoms with Gasteiger partial charge in [0.15, 0.2) is 0 Å². The topological polar surface area (TPSA) is 177 Å². The van der Waals surface area contributed by atoms with Crippen LogP contribution in [0, 0.1) is 0 Å². The fourth-order valence-electron chi connectivity index (χ4n) is 5.37. The van der Waals surface area contributed by atoms with E-state index in [9.17, 15) is 28.8 Å². The lowest BCUT2D eigenvalue weighted by atomic mass is 10.0. The molecule has 1 aromatic heterocycles. The van der Waals surface area contributed by atoms with Crippen molar-refractivity contribution >= 4 is 51.2 Å². The number of carbonyl (C=O) groups is 5. The number of nitrogens with zero attached hydrogens (tertiary/aromatic N) is 5. The number of fused-ring (bicyclic) bond motifs is 1. The Morgan fingerprint density at radius 2 is 1.65 bits per heavy atom. The molecule has 0 spiro atoms. The van der Waals surface area contributed by atoms with Crippen molar-refractivity contribution in [3.8, 4) is 5.75 Å². The smallest absolute Gasteiger partial charge is 0.282 e. The number of nitrogens with one attached hydrogen (secondary N) is 1. The van der Waals surface area contributed by atoms with Crippen LogP contribution < -0.4 is 21.3 Å². The summed E-state index contributed by atoms with van der Waals surface area (Å²) in [6.45, 7) is 7.00. The normalized spacial score (nSPS) is 16.7. The molecule has 3 aliphatic rings. The van der Waals surface area contributed by atoms with Crippen LogP contribution in [0.25, 0.3) is 0 Å². The lowest BCUT2D eigenvalue weighted by Crippen LogP contribution is -2.54. The molecule has 5 amide bonds. The molecule has 0 aliphatic carbocycles. The summed E-state index contributed by atoms with van der Waals surface area (Å²) in [5.74, 6) is -2.29. The van der Waals surface area contributed by atoms with Gasteiger partial charge in [-0.3, -0.25) is 39.0 Å². The number of likely N-dealkylation sites (N-methyl/N-ethyl adjacent to an activating group) is 1. The minimum Gasteiger partial charge on any atom is -0.491 e. The van der Waals surface area contributed by atoms with E-state index in [-0.39, 0.29) is 54.3 Å². The predicted octanol–water partition coefficient (Wildman–Crippen LogP) is 3.49. The van der Waals surface area contributed by atoms with Gasteiger partial charge >= 0.3 is 0 Å². The van der Waals surface area contributed by atoms with Crippen molar-refractivity contribution in [2.75, 3.05) is 46.1 Å². The number of hydrogen-bond acceptors (Lipinski definition) is 10. The van der Waals surface area contributed by atoms with Gasteiger partial charge in [-0.1, -0.05) is 44.5 Å². The number of ether oxygens (including phenoxy) is 1. The number of nitrogens with two attached hydrogens (primary N) is 1. The molecule has 6 rings (SSSR count). The summed E-state index contributed by atoms with van der Waals surface area (Å²) in [5, 5.41) is 5.86. The molecular weight excluding hydrogens is 722 g/mol. The molecule has 0 saturated carbocycles. The number of piperidine rings is 2. The quantitative estimate of drug-likeness (QED) is 0.353. The second kappa shape index (κ2) is 19.5. The molecule has 15 heteroatoms. The Bertz CT molecular complexity index is 1760. The summed E-state index contributed by atoms with van der Waals surface area (Å²) >= 11 is 3.03. The highest BCUT2D eigenvalue weighted by Crippen LogP contribution is 2.33. The second-order valence-electron chi connectivity index (χ2n) is 11.8. The minimum atomic E-state index is -1.04. The fourth-order valence-corrected chi connectivity index (χ4v) is 5.73. The highest BCUT2D eigenvalue weighted by atomic mass is 79.9. The number of amides is 5. The van der Waals surface area contributed by atoms with Crippen molar-refractivity contribution in [1.29, 1.82) is 0 Å². The van der Waals surface area contributed by atoms with Gasteiger partial charge in [-0.25, -0.2) is 4.68 Å². The van der Waals surface area contributed by atoms with Gasteiger partial charge < -0.3 is 20.3 Å². The molecular formula is C36H46BrN7O7. The third-order valence-electron chi connectivity index (χ3n) is 8.17. The highest BCUT2D eigenvalue weighted by Gasteiger charge is 2.46. The van der Waals surface area contributed by atoms with Crippen LogP contribution in [0.1, 0.15) is 77.0 Å². The zero-order valence-electron chi connectivity index (χ0n) is 29.7. The van der Waals surface area contributed by atoms with Gasteiger partial charge in [0.1, 0.15) is 22.9 Å². The number of imide groups is 2. The lowest BCUT2D eigenvalue weighted by Gasteiger charge is -2.27. The van der Waals surface area contributed by atoms with Crippen LogP contribution in [-0.4, -0.2) is 100 Å². The van der Waals surface area contributed by atoms with E-state index in [1.807, 2.05) is 19.9 Å². The Kier molecular flexibility index (Phi) is 15.5. The number of benzene rings is 2. The molecule has 3 N–H and O–H groups in total. The summed E-state index contributed by atoms with van der Waals surface area (Å²) in [6.07, 6.45) is 5.83. The van der Waals surface area contributed by atoms with E-state index < -0.39 is 29.7 Å². The zero-order chi connectivity index (χ0) is 37.7. The second-order valence-corrected chi connectivity index (χ2v) is 12.6. The monoisotopic (exact) mass is 767 g/mol. The number of aryl methyl sites for hydroxylation is 1. The van der Waals surface area contributed by atoms with Gasteiger partial charge in [-0.05, 0) is 79.6 Å². The summed E-state index contributed by atoms with van der Waals surface area (Å²) in [5.41, 5.74) is 6.29. The molecule has 2 saturated heterocycles. The number of carbonyl (C=O) groups excluding carboxylic acids is 5. The van der Waals surface area contributed by atoms with Gasteiger partial charge in [0.05, 0.1) is 29.6 Å². The van der Waals surface area contributed by atoms with Gasteiger partial charge in [-0.15, -0.1) is 0 Å². The number of halogens is 1. The van der Waals surface area contributed by atoms with Crippen molar-refractivity contribution in [3.05, 3.63) is 86.2 Å². The predicted molar refractivity (Wildman–Crippen MR) is 196 cm³/mol. The summed E-state index contributed by atoms with van der Waals surface area (Å²) in [6, 6.07) is 12.4. The Labute approximate surface area is 306 Å². The molecule has 14 nitrogen and oxygen atoms in total. The molecule has 0 bridgehead atoms. The van der Waals surface area contributed by atoms with E-state index in [0.717, 1.165) is 4.90 Å². The SMILES string of the molecule is CC.CN(CCOc1cccc2c1C(=O)N(C1CCC(=O)NC1=O)C2=O)C(=O)c1ccccc1.CN1CCCCC1.Cn1ncc(N)c(Br)c1=O. The third-order valence-corrected chi connectivity index (χ3v) is 8.96. The number of aromatic nitrogens is 2. The van der Waals surface area contributed by atoms with Crippen LogP contribution in [0.3, 0.4) is 0 Å². The van der Waals surface area contributed by atoms with Gasteiger partial charge in [-0.2, -0.15) is 5.10 Å². The molecule has 3 aliphatic heterocycles. The summed E-state index contributed by atoms with van der Waals surface area (Å²) in [7, 11) is 5.40. The van der Waals surface area contributed by atoms with Crippen molar-refractivity contribution in [3.63, 3.8) is 0 Å². The fraction of sp³-hybridized carbons (Fsp3) is 0.417. The maximum absolute atomic E-state index is 13.0. The van der Waals surface area contributed by atoms with Crippen LogP contribution in [0.15, 0.2) is 64.0 Å². The molecule has 3 aromatic rings. The average Bonchev–Trinajstić information content (AvgIpc) is 3.40. The largest absolute Gasteiger partial charge is 0.491 e. The van der Waals surface area contributed by atoms with Crippen molar-refractivity contribution in [2.24, 2.45) is 7.05 Å². The summed E-state index contributed by atoms with van der Waals surface area (Å²) < 4.78 is 7.33. The van der Waals surface area contributed by atoms with Gasteiger partial charge in [0, 0.05) is 26.1 Å². The van der Waals surface area contributed by atoms with Crippen molar-refractivity contribution in [2.45, 2.75) is 52.0 Å². The van der Waals surface area contributed by atoms with Crippen LogP contribution in [0.4, 0.5) is 5.69 Å². The van der Waals surface area contributed by atoms with E-state index in [1.54, 1.807) is 50.5 Å². The van der Waals surface area contributed by atoms with E-state index in [2.05, 4.69) is 38.3 Å². The maximum Gasteiger partial charge on any atom is 0.282 e. The first-order valence-corrected chi connectivity index (χ1v) is 17.6. The van der Waals surface area contributed by atoms with Crippen LogP contribution >= 0.6 is 15.9 Å². The Morgan fingerprint density at radius 1 is 0.980 bits per heavy atom. The number of anilines is 1. The maximum atomic E-state index is 13.0. The summed E-state index contributed by atoms with van der Waals surface area (Å²) in [4.78, 5) is 77.7. The van der Waals surface area contributed by atoms with Gasteiger partial charge in [0.2, 0.25) is 11.8 Å². The van der Waals surface area contributed by atoms with Crippen LogP contribution in [-0.2, 0) is 16.6 Å². The van der Waals surface area contributed by atoms with Crippen LogP contribution in [0.5, 0.6) is 5.75 Å². The molecule has 51 heavy (non-hydrogen) atoms. The van der Waals surface area contributed by atoms with Crippen molar-refractivity contribution < 1.29 is 28.7 Å². The van der Waals surface area contributed by atoms with Gasteiger partial charge in [0.25, 0.3) is 23.3 Å². The molecule has 2 aromatic carbocycles. The third kappa shape index (κ3) is 10.6. The lowest BCUT2D eigenvalue weighted by molar-refractivity contribution is -0.136. The molecule has 2 fully saturated rings. The average molecular weight is 769 g/mol. The highest BCUT2D eigenvalue weighted by molar-refractivity contribution is 9.10. The van der Waals surface area contributed by atoms with E-state index in [0.29, 0.717) is 15.7 Å². The number of likely N-dealkylation sites (tertiary alicyclic amines) is 1. The Balaban J connectivity index is 0.000000300. The number of nitrogen functional groups attached to an aromatic ring is 1. The molecule has 0 radical (unpaired) electrons. The van der Waals surface area contributed by atoms with E-state index in [1.165, 1.54) is 54.2 Å². The molecule has 1 unspecified atom stereocenters. The van der Waals surface area contributed by atoms with E-state index >= 15 is 0 Å². The first kappa shape index (κ1) is 40.5. The standard InChI is InChI=1S/C23H21N3O6.C6H13N.C5H6BrN3O.C2H6/c1-25(21(29)14-6-3-2-4-7-14)12-13-32-17-9-5-8-15-19(17)23(31)26(22(15)30)16-10-11-18(27)24-20(16)28;1-7-5-3-2-4-6-7;1-9-5(10)4(6)3(7)2-8-9;1-2/h2-9,16H,10-13H2,1H3,(H,24,27,28);2-6H2,1H3;2H,7H2,1H3;1-2H3. The number of rotatable bonds is 6. The molecule has 274 valence electrons. The first-order chi connectivity index (χ1) is 24.4. The minimum absolute atomic E-state index is 0.0505. The first-order valence-electron chi connectivity index (χ1n) is 16.8. The van der Waals surface area contributed by atoms with E-state index in [4.69, 9.17) is 10.5 Å². The van der Waals surface area contributed by atoms with Crippen LogP contribution in [0.2, 0.25) is 0 Å².